The van der Waals surface area contributed by atoms with Crippen molar-refractivity contribution in [1.82, 2.24) is 0 Å². The first kappa shape index (κ1) is 13.2. The van der Waals surface area contributed by atoms with Crippen LogP contribution in [0.15, 0.2) is 42.5 Å². The summed E-state index contributed by atoms with van der Waals surface area (Å²) in [5.74, 6) is 0.517. The minimum absolute atomic E-state index is 0.124. The van der Waals surface area contributed by atoms with Crippen LogP contribution in [0.1, 0.15) is 20.7 Å². The van der Waals surface area contributed by atoms with E-state index in [1.54, 1.807) is 36.4 Å². The summed E-state index contributed by atoms with van der Waals surface area (Å²) in [6.45, 7) is 0.124. The molecule has 0 spiro atoms. The van der Waals surface area contributed by atoms with Crippen LogP contribution in [0.3, 0.4) is 0 Å². The van der Waals surface area contributed by atoms with Crippen molar-refractivity contribution in [3.05, 3.63) is 53.6 Å². The van der Waals surface area contributed by atoms with Crippen LogP contribution in [0.4, 0.5) is 0 Å². The number of methoxy groups -OCH3 is 1. The van der Waals surface area contributed by atoms with E-state index >= 15 is 0 Å². The van der Waals surface area contributed by atoms with Gasteiger partial charge in [-0.25, -0.2) is 0 Å². The average molecular weight is 284 g/mol. The second-order valence-corrected chi connectivity index (χ2v) is 4.45. The third-order valence-corrected chi connectivity index (χ3v) is 3.19. The van der Waals surface area contributed by atoms with E-state index < -0.39 is 11.6 Å². The van der Waals surface area contributed by atoms with Crippen molar-refractivity contribution in [2.75, 3.05) is 13.9 Å². The fraction of sp³-hybridized carbons (Fsp3) is 0.125. The third kappa shape index (κ3) is 2.45. The maximum atomic E-state index is 12.2. The molecule has 0 N–H and O–H groups in total. The zero-order chi connectivity index (χ0) is 14.8. The first-order chi connectivity index (χ1) is 10.2. The highest BCUT2D eigenvalue weighted by Gasteiger charge is 2.21. The molecule has 0 fully saturated rings. The molecule has 0 unspecified atom stereocenters. The highest BCUT2D eigenvalue weighted by Crippen LogP contribution is 2.32. The Kier molecular flexibility index (Phi) is 3.31. The SMILES string of the molecule is COc1ccc(C(=O)C(=O)c2ccc3c(c2)OCO3)cc1. The Morgan fingerprint density at radius 1 is 0.905 bits per heavy atom. The summed E-state index contributed by atoms with van der Waals surface area (Å²) in [6.07, 6.45) is 0. The van der Waals surface area contributed by atoms with Gasteiger partial charge < -0.3 is 14.2 Å². The number of hydrogen-bond acceptors (Lipinski definition) is 5. The zero-order valence-electron chi connectivity index (χ0n) is 11.3. The quantitative estimate of drug-likeness (QED) is 0.637. The van der Waals surface area contributed by atoms with Crippen LogP contribution in [0, 0.1) is 0 Å². The molecule has 1 aliphatic rings. The van der Waals surface area contributed by atoms with Gasteiger partial charge in [0.2, 0.25) is 18.4 Å². The summed E-state index contributed by atoms with van der Waals surface area (Å²) in [6, 6.07) is 11.1. The van der Waals surface area contributed by atoms with E-state index in [2.05, 4.69) is 0 Å². The summed E-state index contributed by atoms with van der Waals surface area (Å²) in [5, 5.41) is 0. The highest BCUT2D eigenvalue weighted by molar-refractivity contribution is 6.49. The molecule has 0 atom stereocenters. The first-order valence-corrected chi connectivity index (χ1v) is 6.32. The van der Waals surface area contributed by atoms with Gasteiger partial charge in [-0.3, -0.25) is 9.59 Å². The van der Waals surface area contributed by atoms with Crippen LogP contribution in [0.5, 0.6) is 17.2 Å². The van der Waals surface area contributed by atoms with Crippen LogP contribution in [0.25, 0.3) is 0 Å². The number of benzene rings is 2. The molecule has 5 nitrogen and oxygen atoms in total. The van der Waals surface area contributed by atoms with Crippen LogP contribution < -0.4 is 14.2 Å². The van der Waals surface area contributed by atoms with E-state index in [0.29, 0.717) is 22.8 Å². The highest BCUT2D eigenvalue weighted by atomic mass is 16.7. The Labute approximate surface area is 121 Å². The number of carbonyl (C=O) groups is 2. The van der Waals surface area contributed by atoms with Crippen molar-refractivity contribution in [3.8, 4) is 17.2 Å². The molecule has 0 radical (unpaired) electrons. The summed E-state index contributed by atoms with van der Waals surface area (Å²) in [5.41, 5.74) is 0.596. The van der Waals surface area contributed by atoms with Gasteiger partial charge in [-0.05, 0) is 42.5 Å². The molecule has 0 saturated carbocycles. The number of rotatable bonds is 4. The molecule has 0 amide bonds. The van der Waals surface area contributed by atoms with Gasteiger partial charge in [0.05, 0.1) is 7.11 Å². The fourth-order valence-corrected chi connectivity index (χ4v) is 2.04. The predicted molar refractivity (Wildman–Crippen MR) is 74.2 cm³/mol. The Balaban J connectivity index is 1.85. The van der Waals surface area contributed by atoms with Crippen LogP contribution >= 0.6 is 0 Å². The van der Waals surface area contributed by atoms with Gasteiger partial charge in [0.25, 0.3) is 0 Å². The van der Waals surface area contributed by atoms with E-state index in [-0.39, 0.29) is 12.4 Å². The van der Waals surface area contributed by atoms with Gasteiger partial charge in [0, 0.05) is 11.1 Å². The topological polar surface area (TPSA) is 61.8 Å². The van der Waals surface area contributed by atoms with Crippen molar-refractivity contribution in [3.63, 3.8) is 0 Å². The van der Waals surface area contributed by atoms with Crippen LogP contribution in [-0.4, -0.2) is 25.5 Å². The molecule has 2 aromatic rings. The number of carbonyl (C=O) groups excluding carboxylic acids is 2. The smallest absolute Gasteiger partial charge is 0.233 e. The molecule has 0 aliphatic carbocycles. The normalized spacial score (nSPS) is 12.0. The maximum Gasteiger partial charge on any atom is 0.233 e. The van der Waals surface area contributed by atoms with Crippen molar-refractivity contribution < 1.29 is 23.8 Å². The van der Waals surface area contributed by atoms with E-state index in [4.69, 9.17) is 14.2 Å². The fourth-order valence-electron chi connectivity index (χ4n) is 2.04. The monoisotopic (exact) mass is 284 g/mol. The van der Waals surface area contributed by atoms with Crippen molar-refractivity contribution in [1.29, 1.82) is 0 Å². The Bertz CT molecular complexity index is 703. The molecule has 0 saturated heterocycles. The number of hydrogen-bond donors (Lipinski definition) is 0. The molecule has 106 valence electrons. The number of ether oxygens (including phenoxy) is 3. The van der Waals surface area contributed by atoms with Gasteiger partial charge in [0.1, 0.15) is 5.75 Å². The van der Waals surface area contributed by atoms with Gasteiger partial charge in [-0.15, -0.1) is 0 Å². The van der Waals surface area contributed by atoms with E-state index in [9.17, 15) is 9.59 Å². The molecule has 0 aromatic heterocycles. The molecule has 21 heavy (non-hydrogen) atoms. The average Bonchev–Trinajstić information content (AvgIpc) is 3.01. The molecular formula is C16H12O5. The van der Waals surface area contributed by atoms with Crippen LogP contribution in [-0.2, 0) is 0 Å². The lowest BCUT2D eigenvalue weighted by Gasteiger charge is -2.04. The number of fused-ring (bicyclic) bond motifs is 1. The molecule has 1 aliphatic heterocycles. The summed E-state index contributed by atoms with van der Waals surface area (Å²) in [7, 11) is 1.54. The largest absolute Gasteiger partial charge is 0.497 e. The summed E-state index contributed by atoms with van der Waals surface area (Å²) >= 11 is 0. The van der Waals surface area contributed by atoms with Gasteiger partial charge >= 0.3 is 0 Å². The van der Waals surface area contributed by atoms with E-state index in [1.165, 1.54) is 13.2 Å². The van der Waals surface area contributed by atoms with Crippen molar-refractivity contribution in [2.45, 2.75) is 0 Å². The zero-order valence-corrected chi connectivity index (χ0v) is 11.3. The lowest BCUT2D eigenvalue weighted by molar-refractivity contribution is 0.0817. The van der Waals surface area contributed by atoms with Crippen LogP contribution in [0.2, 0.25) is 0 Å². The lowest BCUT2D eigenvalue weighted by Crippen LogP contribution is -2.14. The Morgan fingerprint density at radius 2 is 1.52 bits per heavy atom. The minimum Gasteiger partial charge on any atom is -0.497 e. The second kappa shape index (κ2) is 5.28. The minimum atomic E-state index is -0.585. The predicted octanol–water partition coefficient (Wildman–Crippen LogP) is 2.49. The molecule has 1 heterocycles. The van der Waals surface area contributed by atoms with Gasteiger partial charge in [-0.1, -0.05) is 0 Å². The molecule has 3 rings (SSSR count). The molecular weight excluding hydrogens is 272 g/mol. The molecule has 0 bridgehead atoms. The van der Waals surface area contributed by atoms with Crippen molar-refractivity contribution in [2.24, 2.45) is 0 Å². The maximum absolute atomic E-state index is 12.2. The van der Waals surface area contributed by atoms with E-state index in [1.807, 2.05) is 0 Å². The first-order valence-electron chi connectivity index (χ1n) is 6.32. The number of Topliss-reactive ketones (excluding diaryl/α,β-unsaturated/α-hetero) is 2. The molecule has 5 heteroatoms. The molecule has 2 aromatic carbocycles. The van der Waals surface area contributed by atoms with E-state index in [0.717, 1.165) is 0 Å². The summed E-state index contributed by atoms with van der Waals surface area (Å²) in [4.78, 5) is 24.4. The van der Waals surface area contributed by atoms with Gasteiger partial charge in [-0.2, -0.15) is 0 Å². The summed E-state index contributed by atoms with van der Waals surface area (Å²) < 4.78 is 15.4. The number of ketones is 2. The Morgan fingerprint density at radius 3 is 2.24 bits per heavy atom. The van der Waals surface area contributed by atoms with Crippen molar-refractivity contribution >= 4 is 11.6 Å². The standard InChI is InChI=1S/C16H12O5/c1-19-12-5-2-10(3-6-12)15(17)16(18)11-4-7-13-14(8-11)21-9-20-13/h2-8H,9H2,1H3. The van der Waals surface area contributed by atoms with Gasteiger partial charge in [0.15, 0.2) is 11.5 Å². The lowest BCUT2D eigenvalue weighted by atomic mass is 10.0. The Hall–Kier alpha value is -2.82. The third-order valence-electron chi connectivity index (χ3n) is 3.19. The second-order valence-electron chi connectivity index (χ2n) is 4.45.